The molecular weight excluding hydrogens is 178 g/mol. The summed E-state index contributed by atoms with van der Waals surface area (Å²) >= 11 is 0. The highest BCUT2D eigenvalue weighted by atomic mass is 16.4. The van der Waals surface area contributed by atoms with E-state index >= 15 is 0 Å². The molecule has 1 aliphatic carbocycles. The number of nitrogens with one attached hydrogen (secondary N) is 1. The van der Waals surface area contributed by atoms with Crippen molar-refractivity contribution < 1.29 is 9.90 Å². The van der Waals surface area contributed by atoms with E-state index in [9.17, 15) is 4.79 Å². The van der Waals surface area contributed by atoms with Crippen LogP contribution in [0.5, 0.6) is 0 Å². The molecule has 2 N–H and O–H groups in total. The summed E-state index contributed by atoms with van der Waals surface area (Å²) in [7, 11) is 0. The van der Waals surface area contributed by atoms with Crippen molar-refractivity contribution in [2.75, 3.05) is 13.1 Å². The van der Waals surface area contributed by atoms with Gasteiger partial charge in [-0.2, -0.15) is 0 Å². The first-order valence-corrected chi connectivity index (χ1v) is 5.28. The van der Waals surface area contributed by atoms with E-state index in [-0.39, 0.29) is 0 Å². The van der Waals surface area contributed by atoms with Gasteiger partial charge < -0.3 is 10.4 Å². The number of hydrogen-bond donors (Lipinski definition) is 2. The van der Waals surface area contributed by atoms with Crippen LogP contribution in [0, 0.1) is 11.8 Å². The maximum Gasteiger partial charge on any atom is 0.328 e. The average Bonchev–Trinajstić information content (AvgIpc) is 2.50. The molecule has 2 unspecified atom stereocenters. The summed E-state index contributed by atoms with van der Waals surface area (Å²) in [6.45, 7) is 3.98. The minimum Gasteiger partial charge on any atom is -0.478 e. The first-order chi connectivity index (χ1) is 6.68. The second-order valence-corrected chi connectivity index (χ2v) is 4.18. The van der Waals surface area contributed by atoms with Crippen LogP contribution in [0.15, 0.2) is 12.2 Å². The standard InChI is InChI=1S/C11H19NO2/c1-9-4-5-10(7-9)8-12-6-2-3-11(13)14/h2-3,9-10,12H,4-8H2,1H3,(H,13,14)/b3-2+. The van der Waals surface area contributed by atoms with Gasteiger partial charge >= 0.3 is 5.97 Å². The third kappa shape index (κ3) is 4.42. The zero-order valence-corrected chi connectivity index (χ0v) is 8.70. The van der Waals surface area contributed by atoms with Crippen molar-refractivity contribution in [2.24, 2.45) is 11.8 Å². The Balaban J connectivity index is 2.01. The van der Waals surface area contributed by atoms with Crippen molar-refractivity contribution in [2.45, 2.75) is 26.2 Å². The van der Waals surface area contributed by atoms with E-state index in [1.807, 2.05) is 0 Å². The van der Waals surface area contributed by atoms with Gasteiger partial charge in [0.15, 0.2) is 0 Å². The zero-order valence-electron chi connectivity index (χ0n) is 8.70. The third-order valence-corrected chi connectivity index (χ3v) is 2.76. The molecule has 0 radical (unpaired) electrons. The Hall–Kier alpha value is -0.830. The topological polar surface area (TPSA) is 49.3 Å². The summed E-state index contributed by atoms with van der Waals surface area (Å²) in [5.41, 5.74) is 0. The first-order valence-electron chi connectivity index (χ1n) is 5.28. The van der Waals surface area contributed by atoms with Crippen LogP contribution in [0.3, 0.4) is 0 Å². The van der Waals surface area contributed by atoms with E-state index in [0.717, 1.165) is 18.4 Å². The predicted octanol–water partition coefficient (Wildman–Crippen LogP) is 1.65. The smallest absolute Gasteiger partial charge is 0.328 e. The normalized spacial score (nSPS) is 27.2. The van der Waals surface area contributed by atoms with Crippen LogP contribution in [0.25, 0.3) is 0 Å². The third-order valence-electron chi connectivity index (χ3n) is 2.76. The van der Waals surface area contributed by atoms with Gasteiger partial charge in [0.25, 0.3) is 0 Å². The fourth-order valence-corrected chi connectivity index (χ4v) is 2.04. The van der Waals surface area contributed by atoms with Gasteiger partial charge in [0.2, 0.25) is 0 Å². The Morgan fingerprint density at radius 1 is 1.57 bits per heavy atom. The van der Waals surface area contributed by atoms with Gasteiger partial charge in [0, 0.05) is 12.6 Å². The van der Waals surface area contributed by atoms with Gasteiger partial charge in [0.1, 0.15) is 0 Å². The molecule has 1 saturated carbocycles. The van der Waals surface area contributed by atoms with Crippen molar-refractivity contribution in [1.82, 2.24) is 5.32 Å². The van der Waals surface area contributed by atoms with Gasteiger partial charge in [-0.05, 0) is 31.2 Å². The maximum atomic E-state index is 10.1. The second kappa shape index (κ2) is 5.81. The van der Waals surface area contributed by atoms with Gasteiger partial charge in [-0.15, -0.1) is 0 Å². The Labute approximate surface area is 85.2 Å². The van der Waals surface area contributed by atoms with Crippen LogP contribution < -0.4 is 5.32 Å². The van der Waals surface area contributed by atoms with E-state index < -0.39 is 5.97 Å². The van der Waals surface area contributed by atoms with Crippen LogP contribution in [0.1, 0.15) is 26.2 Å². The molecule has 0 saturated heterocycles. The summed E-state index contributed by atoms with van der Waals surface area (Å²) < 4.78 is 0. The summed E-state index contributed by atoms with van der Waals surface area (Å²) in [6, 6.07) is 0. The van der Waals surface area contributed by atoms with Crippen LogP contribution in [-0.2, 0) is 4.79 Å². The predicted molar refractivity (Wildman–Crippen MR) is 56.2 cm³/mol. The lowest BCUT2D eigenvalue weighted by Crippen LogP contribution is -2.21. The van der Waals surface area contributed by atoms with Gasteiger partial charge in [-0.25, -0.2) is 4.79 Å². The molecule has 1 rings (SSSR count). The number of carbonyl (C=O) groups is 1. The van der Waals surface area contributed by atoms with Crippen LogP contribution >= 0.6 is 0 Å². The lowest BCUT2D eigenvalue weighted by atomic mass is 10.1. The Morgan fingerprint density at radius 2 is 2.36 bits per heavy atom. The molecule has 0 heterocycles. The molecule has 0 amide bonds. The van der Waals surface area contributed by atoms with Gasteiger partial charge in [0.05, 0.1) is 0 Å². The number of carboxylic acids is 1. The monoisotopic (exact) mass is 197 g/mol. The molecular formula is C11H19NO2. The van der Waals surface area contributed by atoms with E-state index in [2.05, 4.69) is 12.2 Å². The minimum atomic E-state index is -0.874. The van der Waals surface area contributed by atoms with E-state index in [4.69, 9.17) is 5.11 Å². The fourth-order valence-electron chi connectivity index (χ4n) is 2.04. The minimum absolute atomic E-state index is 0.664. The molecule has 0 spiro atoms. The van der Waals surface area contributed by atoms with Gasteiger partial charge in [-0.3, -0.25) is 0 Å². The summed E-state index contributed by atoms with van der Waals surface area (Å²) in [6.07, 6.45) is 6.81. The highest BCUT2D eigenvalue weighted by molar-refractivity contribution is 5.79. The number of hydrogen-bond acceptors (Lipinski definition) is 2. The van der Waals surface area contributed by atoms with Crippen LogP contribution in [0.2, 0.25) is 0 Å². The Bertz CT molecular complexity index is 213. The molecule has 0 aromatic heterocycles. The molecule has 2 atom stereocenters. The number of rotatable bonds is 5. The molecule has 14 heavy (non-hydrogen) atoms. The summed E-state index contributed by atoms with van der Waals surface area (Å²) in [4.78, 5) is 10.1. The SMILES string of the molecule is CC1CCC(CNC/C=C/C(=O)O)C1. The summed E-state index contributed by atoms with van der Waals surface area (Å²) in [5.74, 6) is 0.792. The molecule has 0 bridgehead atoms. The molecule has 1 aliphatic rings. The highest BCUT2D eigenvalue weighted by Gasteiger charge is 2.20. The van der Waals surface area contributed by atoms with E-state index in [1.54, 1.807) is 6.08 Å². The number of aliphatic carboxylic acids is 1. The fraction of sp³-hybridized carbons (Fsp3) is 0.727. The second-order valence-electron chi connectivity index (χ2n) is 4.18. The summed E-state index contributed by atoms with van der Waals surface area (Å²) in [5, 5.41) is 11.6. The van der Waals surface area contributed by atoms with Crippen molar-refractivity contribution in [1.29, 1.82) is 0 Å². The van der Waals surface area contributed by atoms with E-state index in [0.29, 0.717) is 6.54 Å². The van der Waals surface area contributed by atoms with Crippen molar-refractivity contribution in [3.63, 3.8) is 0 Å². The van der Waals surface area contributed by atoms with Crippen molar-refractivity contribution in [3.8, 4) is 0 Å². The molecule has 0 aromatic rings. The van der Waals surface area contributed by atoms with Crippen LogP contribution in [-0.4, -0.2) is 24.2 Å². The highest BCUT2D eigenvalue weighted by Crippen LogP contribution is 2.29. The Kier molecular flexibility index (Phi) is 4.66. The van der Waals surface area contributed by atoms with Crippen molar-refractivity contribution in [3.05, 3.63) is 12.2 Å². The molecule has 3 heteroatoms. The molecule has 0 aromatic carbocycles. The van der Waals surface area contributed by atoms with E-state index in [1.165, 1.54) is 25.3 Å². The van der Waals surface area contributed by atoms with Crippen LogP contribution in [0.4, 0.5) is 0 Å². The largest absolute Gasteiger partial charge is 0.478 e. The number of carboxylic acid groups (broad SMARTS) is 1. The molecule has 1 fully saturated rings. The zero-order chi connectivity index (χ0) is 10.4. The van der Waals surface area contributed by atoms with Crippen molar-refractivity contribution >= 4 is 5.97 Å². The lowest BCUT2D eigenvalue weighted by Gasteiger charge is -2.08. The Morgan fingerprint density at radius 3 is 2.93 bits per heavy atom. The molecule has 0 aliphatic heterocycles. The maximum absolute atomic E-state index is 10.1. The lowest BCUT2D eigenvalue weighted by molar-refractivity contribution is -0.131. The first kappa shape index (κ1) is 11.2. The quantitative estimate of drug-likeness (QED) is 0.520. The molecule has 80 valence electrons. The van der Waals surface area contributed by atoms with Gasteiger partial charge in [-0.1, -0.05) is 19.4 Å². The average molecular weight is 197 g/mol. The molecule has 3 nitrogen and oxygen atoms in total.